The largest absolute Gasteiger partial charge is 0.256 e. The molecule has 0 spiro atoms. The Balaban J connectivity index is 1.28. The van der Waals surface area contributed by atoms with Gasteiger partial charge in [-0.05, 0) is 41.5 Å². The highest BCUT2D eigenvalue weighted by molar-refractivity contribution is 5.79. The molecule has 0 aliphatic rings. The van der Waals surface area contributed by atoms with Crippen LogP contribution in [0.2, 0.25) is 0 Å². The Kier molecular flexibility index (Phi) is 7.83. The van der Waals surface area contributed by atoms with Crippen molar-refractivity contribution in [1.82, 2.24) is 24.9 Å². The molecule has 0 N–H and O–H groups in total. The van der Waals surface area contributed by atoms with E-state index in [-0.39, 0.29) is 0 Å². The predicted octanol–water partition coefficient (Wildman–Crippen LogP) is 10.3. The Morgan fingerprint density at radius 2 is 0.583 bits per heavy atom. The topological polar surface area (TPSA) is 64.5 Å². The molecule has 0 aliphatic carbocycles. The summed E-state index contributed by atoms with van der Waals surface area (Å²) >= 11 is 0. The molecule has 0 unspecified atom stereocenters. The minimum Gasteiger partial charge on any atom is -0.256 e. The number of hydrogen-bond acceptors (Lipinski definition) is 5. The second-order valence-corrected chi connectivity index (χ2v) is 11.4. The zero-order valence-corrected chi connectivity index (χ0v) is 26.0. The number of rotatable bonds is 7. The lowest BCUT2D eigenvalue weighted by atomic mass is 9.98. The van der Waals surface area contributed by atoms with E-state index in [1.807, 2.05) is 109 Å². The fourth-order valence-corrected chi connectivity index (χ4v) is 5.72. The quantitative estimate of drug-likeness (QED) is 0.178. The average Bonchev–Trinajstić information content (AvgIpc) is 3.19. The maximum absolute atomic E-state index is 5.01. The maximum atomic E-state index is 5.01. The van der Waals surface area contributed by atoms with Crippen LogP contribution in [0, 0.1) is 0 Å². The molecule has 0 saturated carbocycles. The molecule has 3 heterocycles. The van der Waals surface area contributed by atoms with Crippen LogP contribution < -0.4 is 0 Å². The molecule has 48 heavy (non-hydrogen) atoms. The maximum Gasteiger partial charge on any atom is 0.164 e. The van der Waals surface area contributed by atoms with Crippen LogP contribution in [-0.2, 0) is 0 Å². The van der Waals surface area contributed by atoms with E-state index in [1.165, 1.54) is 0 Å². The van der Waals surface area contributed by atoms with Crippen molar-refractivity contribution in [1.29, 1.82) is 0 Å². The first-order valence-electron chi connectivity index (χ1n) is 15.8. The summed E-state index contributed by atoms with van der Waals surface area (Å²) in [4.78, 5) is 24.7. The molecule has 0 saturated heterocycles. The van der Waals surface area contributed by atoms with Crippen molar-refractivity contribution in [2.45, 2.75) is 0 Å². The highest BCUT2D eigenvalue weighted by atomic mass is 15.0. The van der Waals surface area contributed by atoms with Crippen LogP contribution in [0.15, 0.2) is 176 Å². The van der Waals surface area contributed by atoms with E-state index < -0.39 is 0 Å². The van der Waals surface area contributed by atoms with Gasteiger partial charge in [-0.3, -0.25) is 9.97 Å². The van der Waals surface area contributed by atoms with Crippen LogP contribution in [-0.4, -0.2) is 24.9 Å². The van der Waals surface area contributed by atoms with Crippen molar-refractivity contribution >= 4 is 0 Å². The van der Waals surface area contributed by atoms with Crippen molar-refractivity contribution in [2.75, 3.05) is 0 Å². The minimum atomic E-state index is 0.576. The first kappa shape index (κ1) is 28.9. The van der Waals surface area contributed by atoms with Crippen LogP contribution in [0.5, 0.6) is 0 Å². The molecule has 8 aromatic rings. The predicted molar refractivity (Wildman–Crippen MR) is 193 cm³/mol. The molecule has 0 aliphatic heterocycles. The molecule has 0 radical (unpaired) electrons. The molecule has 5 heteroatoms. The molecule has 0 amide bonds. The lowest BCUT2D eigenvalue weighted by molar-refractivity contribution is 1.07. The second-order valence-electron chi connectivity index (χ2n) is 11.4. The van der Waals surface area contributed by atoms with E-state index >= 15 is 0 Å². The monoisotopic (exact) mass is 615 g/mol. The number of pyridine rings is 2. The molecule has 0 fully saturated rings. The van der Waals surface area contributed by atoms with E-state index in [0.717, 1.165) is 61.5 Å². The Morgan fingerprint density at radius 3 is 0.938 bits per heavy atom. The van der Waals surface area contributed by atoms with E-state index in [4.69, 9.17) is 24.9 Å². The van der Waals surface area contributed by atoms with Crippen LogP contribution >= 0.6 is 0 Å². The molecular weight excluding hydrogens is 587 g/mol. The fraction of sp³-hybridized carbons (Fsp3) is 0. The SMILES string of the molecule is c1ccc(-c2ccc(-c3cc(-c4ccc(-c5ccccc5)cn4)cc(-c4nc(-c5ccccc5)nc(-c5ccccc5)n4)c3)nc2)cc1. The fourth-order valence-electron chi connectivity index (χ4n) is 5.72. The zero-order valence-electron chi connectivity index (χ0n) is 26.0. The van der Waals surface area contributed by atoms with E-state index in [2.05, 4.69) is 66.7 Å². The third-order valence-corrected chi connectivity index (χ3v) is 8.22. The van der Waals surface area contributed by atoms with Crippen molar-refractivity contribution < 1.29 is 0 Å². The lowest BCUT2D eigenvalue weighted by Crippen LogP contribution is -2.00. The molecule has 0 bridgehead atoms. The highest BCUT2D eigenvalue weighted by Gasteiger charge is 2.16. The van der Waals surface area contributed by atoms with Crippen molar-refractivity contribution in [3.05, 3.63) is 176 Å². The van der Waals surface area contributed by atoms with E-state index in [0.29, 0.717) is 17.5 Å². The molecular formula is C43H29N5. The van der Waals surface area contributed by atoms with Gasteiger partial charge in [-0.2, -0.15) is 0 Å². The molecule has 226 valence electrons. The van der Waals surface area contributed by atoms with Gasteiger partial charge in [-0.25, -0.2) is 15.0 Å². The second kappa shape index (κ2) is 13.0. The third kappa shape index (κ3) is 6.13. The summed E-state index contributed by atoms with van der Waals surface area (Å²) in [5.74, 6) is 1.80. The van der Waals surface area contributed by atoms with Gasteiger partial charge in [0.25, 0.3) is 0 Å². The van der Waals surface area contributed by atoms with Crippen molar-refractivity contribution in [3.63, 3.8) is 0 Å². The number of aromatic nitrogens is 5. The van der Waals surface area contributed by atoms with Crippen molar-refractivity contribution in [3.8, 4) is 78.9 Å². The summed E-state index contributed by atoms with van der Waals surface area (Å²) in [5.41, 5.74) is 10.6. The molecule has 5 nitrogen and oxygen atoms in total. The van der Waals surface area contributed by atoms with Gasteiger partial charge in [0.2, 0.25) is 0 Å². The zero-order chi connectivity index (χ0) is 32.1. The number of nitrogens with zero attached hydrogens (tertiary/aromatic N) is 5. The van der Waals surface area contributed by atoms with Crippen LogP contribution in [0.25, 0.3) is 78.9 Å². The Morgan fingerprint density at radius 1 is 0.250 bits per heavy atom. The summed E-state index contributed by atoms with van der Waals surface area (Å²) in [7, 11) is 0. The van der Waals surface area contributed by atoms with Crippen LogP contribution in [0.3, 0.4) is 0 Å². The van der Waals surface area contributed by atoms with Crippen LogP contribution in [0.4, 0.5) is 0 Å². The molecule has 5 aromatic carbocycles. The first-order valence-corrected chi connectivity index (χ1v) is 15.8. The van der Waals surface area contributed by atoms with Gasteiger partial charge in [-0.15, -0.1) is 0 Å². The first-order chi connectivity index (χ1) is 23.8. The Hall–Kier alpha value is -6.59. The smallest absolute Gasteiger partial charge is 0.164 e. The molecule has 8 rings (SSSR count). The van der Waals surface area contributed by atoms with Crippen molar-refractivity contribution in [2.24, 2.45) is 0 Å². The standard InChI is InChI=1S/C43H29N5/c1-5-13-30(14-6-1)34-21-23-39(44-28-34)36-25-37(40-24-22-35(29-45-40)31-15-7-2-8-16-31)27-38(26-36)43-47-41(32-17-9-3-10-18-32)46-42(48-43)33-19-11-4-12-20-33/h1-29H. The van der Waals surface area contributed by atoms with Gasteiger partial charge in [-0.1, -0.05) is 133 Å². The normalized spacial score (nSPS) is 10.9. The average molecular weight is 616 g/mol. The van der Waals surface area contributed by atoms with E-state index in [9.17, 15) is 0 Å². The van der Waals surface area contributed by atoms with E-state index in [1.54, 1.807) is 0 Å². The van der Waals surface area contributed by atoms with Gasteiger partial charge in [0, 0.05) is 51.3 Å². The minimum absolute atomic E-state index is 0.576. The van der Waals surface area contributed by atoms with Gasteiger partial charge >= 0.3 is 0 Å². The van der Waals surface area contributed by atoms with Gasteiger partial charge < -0.3 is 0 Å². The Labute approximate surface area is 279 Å². The summed E-state index contributed by atoms with van der Waals surface area (Å²) in [5, 5.41) is 0. The lowest BCUT2D eigenvalue weighted by Gasteiger charge is -2.12. The number of hydrogen-bond donors (Lipinski definition) is 0. The summed E-state index contributed by atoms with van der Waals surface area (Å²) < 4.78 is 0. The summed E-state index contributed by atoms with van der Waals surface area (Å²) in [6.07, 6.45) is 3.85. The summed E-state index contributed by atoms with van der Waals surface area (Å²) in [6, 6.07) is 55.3. The van der Waals surface area contributed by atoms with Gasteiger partial charge in [0.1, 0.15) is 0 Å². The Bertz CT molecular complexity index is 2130. The third-order valence-electron chi connectivity index (χ3n) is 8.22. The van der Waals surface area contributed by atoms with Gasteiger partial charge in [0.15, 0.2) is 17.5 Å². The van der Waals surface area contributed by atoms with Gasteiger partial charge in [0.05, 0.1) is 11.4 Å². The molecule has 0 atom stereocenters. The summed E-state index contributed by atoms with van der Waals surface area (Å²) in [6.45, 7) is 0. The number of benzene rings is 5. The highest BCUT2D eigenvalue weighted by Crippen LogP contribution is 2.33. The molecule has 3 aromatic heterocycles. The van der Waals surface area contributed by atoms with Crippen LogP contribution in [0.1, 0.15) is 0 Å².